The average Bonchev–Trinajstić information content (AvgIpc) is 2.66. The van der Waals surface area contributed by atoms with Crippen LogP contribution in [0.15, 0.2) is 12.3 Å². The normalized spacial score (nSPS) is 13.3. The SMILES string of the molecule is Cl.Cl.N=C(N)c1ccnc2[nH]c3c(c12)CCCC3. The molecule has 0 saturated heterocycles. The summed E-state index contributed by atoms with van der Waals surface area (Å²) in [4.78, 5) is 7.67. The van der Waals surface area contributed by atoms with E-state index < -0.39 is 0 Å². The zero-order valence-corrected chi connectivity index (χ0v) is 11.5. The third-order valence-corrected chi connectivity index (χ3v) is 3.28. The molecule has 0 radical (unpaired) electrons. The Kier molecular flexibility index (Phi) is 4.59. The van der Waals surface area contributed by atoms with Gasteiger partial charge in [0.2, 0.25) is 0 Å². The Morgan fingerprint density at radius 3 is 2.72 bits per heavy atom. The van der Waals surface area contributed by atoms with Gasteiger partial charge in [-0.05, 0) is 37.3 Å². The summed E-state index contributed by atoms with van der Waals surface area (Å²) < 4.78 is 0. The molecule has 0 spiro atoms. The smallest absolute Gasteiger partial charge is 0.138 e. The second-order valence-corrected chi connectivity index (χ2v) is 4.29. The van der Waals surface area contributed by atoms with Crippen molar-refractivity contribution in [1.29, 1.82) is 5.41 Å². The molecule has 0 bridgehead atoms. The van der Waals surface area contributed by atoms with E-state index in [1.54, 1.807) is 6.20 Å². The number of aryl methyl sites for hydroxylation is 2. The van der Waals surface area contributed by atoms with E-state index in [0.29, 0.717) is 0 Å². The molecule has 0 fully saturated rings. The Balaban J connectivity index is 0.000000810. The van der Waals surface area contributed by atoms with E-state index in [0.717, 1.165) is 29.4 Å². The second kappa shape index (κ2) is 5.59. The monoisotopic (exact) mass is 286 g/mol. The molecule has 0 amide bonds. The van der Waals surface area contributed by atoms with Crippen LogP contribution in [0, 0.1) is 5.41 Å². The first-order valence-electron chi connectivity index (χ1n) is 5.60. The van der Waals surface area contributed by atoms with Gasteiger partial charge in [-0.2, -0.15) is 0 Å². The van der Waals surface area contributed by atoms with Crippen molar-refractivity contribution in [1.82, 2.24) is 9.97 Å². The largest absolute Gasteiger partial charge is 0.384 e. The molecule has 98 valence electrons. The van der Waals surface area contributed by atoms with Crippen molar-refractivity contribution in [2.24, 2.45) is 5.73 Å². The van der Waals surface area contributed by atoms with E-state index in [1.165, 1.54) is 24.1 Å². The number of fused-ring (bicyclic) bond motifs is 3. The summed E-state index contributed by atoms with van der Waals surface area (Å²) >= 11 is 0. The molecule has 4 nitrogen and oxygen atoms in total. The fourth-order valence-electron chi connectivity index (χ4n) is 2.55. The Morgan fingerprint density at radius 2 is 2.00 bits per heavy atom. The van der Waals surface area contributed by atoms with E-state index >= 15 is 0 Å². The van der Waals surface area contributed by atoms with Crippen molar-refractivity contribution in [3.63, 3.8) is 0 Å². The van der Waals surface area contributed by atoms with Crippen LogP contribution >= 0.6 is 24.8 Å². The van der Waals surface area contributed by atoms with Crippen LogP contribution in [-0.2, 0) is 12.8 Å². The molecular formula is C12H16Cl2N4. The van der Waals surface area contributed by atoms with Gasteiger partial charge in [0, 0.05) is 22.8 Å². The summed E-state index contributed by atoms with van der Waals surface area (Å²) in [6.45, 7) is 0. The molecule has 0 unspecified atom stereocenters. The molecule has 0 aromatic carbocycles. The quantitative estimate of drug-likeness (QED) is 0.556. The summed E-state index contributed by atoms with van der Waals surface area (Å²) in [6.07, 6.45) is 6.31. The van der Waals surface area contributed by atoms with Crippen molar-refractivity contribution in [3.05, 3.63) is 29.1 Å². The summed E-state index contributed by atoms with van der Waals surface area (Å²) in [5.74, 6) is 0.125. The van der Waals surface area contributed by atoms with E-state index in [4.69, 9.17) is 11.1 Å². The summed E-state index contributed by atoms with van der Waals surface area (Å²) in [7, 11) is 0. The number of halogens is 2. The van der Waals surface area contributed by atoms with Crippen LogP contribution in [0.3, 0.4) is 0 Å². The predicted octanol–water partition coefficient (Wildman–Crippen LogP) is 2.57. The Hall–Kier alpha value is -1.26. The van der Waals surface area contributed by atoms with Gasteiger partial charge in [-0.1, -0.05) is 0 Å². The lowest BCUT2D eigenvalue weighted by Gasteiger charge is -2.11. The van der Waals surface area contributed by atoms with Crippen molar-refractivity contribution >= 4 is 41.7 Å². The molecule has 0 atom stereocenters. The maximum atomic E-state index is 7.61. The zero-order chi connectivity index (χ0) is 11.1. The summed E-state index contributed by atoms with van der Waals surface area (Å²) in [5.41, 5.74) is 9.90. The van der Waals surface area contributed by atoms with Crippen molar-refractivity contribution in [2.75, 3.05) is 0 Å². The van der Waals surface area contributed by atoms with E-state index in [9.17, 15) is 0 Å². The molecule has 2 heterocycles. The van der Waals surface area contributed by atoms with Gasteiger partial charge in [-0.3, -0.25) is 5.41 Å². The highest BCUT2D eigenvalue weighted by atomic mass is 35.5. The predicted molar refractivity (Wildman–Crippen MR) is 78.2 cm³/mol. The number of nitrogens with two attached hydrogens (primary N) is 1. The number of amidine groups is 1. The molecule has 1 aliphatic carbocycles. The second-order valence-electron chi connectivity index (χ2n) is 4.29. The van der Waals surface area contributed by atoms with Crippen LogP contribution in [0.5, 0.6) is 0 Å². The van der Waals surface area contributed by atoms with Gasteiger partial charge in [-0.15, -0.1) is 24.8 Å². The maximum Gasteiger partial charge on any atom is 0.138 e. The standard InChI is InChI=1S/C12H14N4.2ClH/c13-11(14)8-5-6-15-12-10(8)7-3-1-2-4-9(7)16-12;;/h5-6H,1-4H2,(H3,13,14)(H,15,16);2*1H. The highest BCUT2D eigenvalue weighted by molar-refractivity contribution is 6.07. The lowest BCUT2D eigenvalue weighted by Crippen LogP contribution is -2.12. The Morgan fingerprint density at radius 1 is 1.28 bits per heavy atom. The van der Waals surface area contributed by atoms with Gasteiger partial charge in [-0.25, -0.2) is 4.98 Å². The number of H-pyrrole nitrogens is 1. The van der Waals surface area contributed by atoms with E-state index in [-0.39, 0.29) is 30.6 Å². The number of aromatic amines is 1. The van der Waals surface area contributed by atoms with Crippen LogP contribution in [0.2, 0.25) is 0 Å². The number of nitrogens with one attached hydrogen (secondary N) is 2. The topological polar surface area (TPSA) is 78.6 Å². The zero-order valence-electron chi connectivity index (χ0n) is 9.82. The number of hydrogen-bond acceptors (Lipinski definition) is 2. The molecule has 2 aromatic rings. The fourth-order valence-corrected chi connectivity index (χ4v) is 2.55. The van der Waals surface area contributed by atoms with Crippen molar-refractivity contribution < 1.29 is 0 Å². The van der Waals surface area contributed by atoms with Gasteiger partial charge in [0.1, 0.15) is 11.5 Å². The van der Waals surface area contributed by atoms with Gasteiger partial charge < -0.3 is 10.7 Å². The molecule has 0 saturated carbocycles. The number of nitrogen functional groups attached to an aromatic ring is 1. The lowest BCUT2D eigenvalue weighted by atomic mass is 9.94. The van der Waals surface area contributed by atoms with Crippen molar-refractivity contribution in [2.45, 2.75) is 25.7 Å². The fraction of sp³-hybridized carbons (Fsp3) is 0.333. The van der Waals surface area contributed by atoms with Crippen molar-refractivity contribution in [3.8, 4) is 0 Å². The minimum atomic E-state index is 0. The van der Waals surface area contributed by atoms with Gasteiger partial charge in [0.05, 0.1) is 0 Å². The molecule has 4 N–H and O–H groups in total. The molecule has 3 rings (SSSR count). The molecule has 18 heavy (non-hydrogen) atoms. The minimum Gasteiger partial charge on any atom is -0.384 e. The number of pyridine rings is 1. The van der Waals surface area contributed by atoms with E-state index in [2.05, 4.69) is 9.97 Å². The lowest BCUT2D eigenvalue weighted by molar-refractivity contribution is 0.680. The van der Waals surface area contributed by atoms with Gasteiger partial charge >= 0.3 is 0 Å². The van der Waals surface area contributed by atoms with Gasteiger partial charge in [0.25, 0.3) is 0 Å². The summed E-state index contributed by atoms with van der Waals surface area (Å²) in [5, 5.41) is 8.67. The maximum absolute atomic E-state index is 7.61. The third kappa shape index (κ3) is 2.18. The average molecular weight is 287 g/mol. The molecule has 1 aliphatic rings. The van der Waals surface area contributed by atoms with Crippen LogP contribution in [0.4, 0.5) is 0 Å². The summed E-state index contributed by atoms with van der Waals surface area (Å²) in [6, 6.07) is 1.83. The number of hydrogen-bond donors (Lipinski definition) is 3. The van der Waals surface area contributed by atoms with E-state index in [1.807, 2.05) is 6.07 Å². The first kappa shape index (κ1) is 14.8. The molecule has 0 aliphatic heterocycles. The molecular weight excluding hydrogens is 271 g/mol. The Bertz CT molecular complexity index is 577. The van der Waals surface area contributed by atoms with Crippen LogP contribution in [0.1, 0.15) is 29.7 Å². The van der Waals surface area contributed by atoms with Crippen LogP contribution in [0.25, 0.3) is 11.0 Å². The first-order chi connectivity index (χ1) is 7.77. The van der Waals surface area contributed by atoms with Crippen LogP contribution < -0.4 is 5.73 Å². The molecule has 2 aromatic heterocycles. The highest BCUT2D eigenvalue weighted by Gasteiger charge is 2.18. The minimum absolute atomic E-state index is 0. The third-order valence-electron chi connectivity index (χ3n) is 3.28. The number of nitrogens with zero attached hydrogens (tertiary/aromatic N) is 1. The van der Waals surface area contributed by atoms with Gasteiger partial charge in [0.15, 0.2) is 0 Å². The first-order valence-corrected chi connectivity index (χ1v) is 5.60. The highest BCUT2D eigenvalue weighted by Crippen LogP contribution is 2.30. The Labute approximate surface area is 118 Å². The number of aromatic nitrogens is 2. The van der Waals surface area contributed by atoms with Crippen LogP contribution in [-0.4, -0.2) is 15.8 Å². The number of rotatable bonds is 1. The molecule has 6 heteroatoms.